The third-order valence-corrected chi connectivity index (χ3v) is 4.90. The van der Waals surface area contributed by atoms with Crippen LogP contribution >= 0.6 is 0 Å². The molecule has 0 atom stereocenters. The first-order valence-electron chi connectivity index (χ1n) is 8.94. The molecular formula is C18H28N4O2. The molecule has 3 rings (SSSR count). The molecule has 132 valence electrons. The number of urea groups is 1. The van der Waals surface area contributed by atoms with E-state index in [4.69, 9.17) is 4.74 Å². The molecular weight excluding hydrogens is 304 g/mol. The van der Waals surface area contributed by atoms with Crippen LogP contribution in [0.3, 0.4) is 0 Å². The van der Waals surface area contributed by atoms with Crippen molar-refractivity contribution in [3.63, 3.8) is 0 Å². The highest BCUT2D eigenvalue weighted by atomic mass is 16.5. The highest BCUT2D eigenvalue weighted by Gasteiger charge is 2.24. The van der Waals surface area contributed by atoms with Crippen LogP contribution in [-0.4, -0.2) is 66.8 Å². The van der Waals surface area contributed by atoms with E-state index in [0.29, 0.717) is 12.5 Å². The Bertz CT molecular complexity index is 538. The Morgan fingerprint density at radius 1 is 1.25 bits per heavy atom. The molecule has 2 saturated heterocycles. The zero-order valence-electron chi connectivity index (χ0n) is 14.5. The highest BCUT2D eigenvalue weighted by Crippen LogP contribution is 2.19. The molecule has 1 N–H and O–H groups in total. The van der Waals surface area contributed by atoms with Crippen LogP contribution in [0.15, 0.2) is 18.5 Å². The van der Waals surface area contributed by atoms with Crippen LogP contribution in [0.1, 0.15) is 24.0 Å². The maximum Gasteiger partial charge on any atom is 0.317 e. The van der Waals surface area contributed by atoms with Gasteiger partial charge in [-0.1, -0.05) is 6.07 Å². The van der Waals surface area contributed by atoms with E-state index in [2.05, 4.69) is 21.3 Å². The number of rotatable bonds is 4. The number of aromatic nitrogens is 1. The van der Waals surface area contributed by atoms with Gasteiger partial charge in [0.1, 0.15) is 0 Å². The molecule has 0 spiro atoms. The molecule has 0 aromatic carbocycles. The van der Waals surface area contributed by atoms with Crippen molar-refractivity contribution in [3.8, 4) is 0 Å². The number of hydrogen-bond donors (Lipinski definition) is 1. The van der Waals surface area contributed by atoms with Crippen molar-refractivity contribution in [3.05, 3.63) is 29.6 Å². The predicted molar refractivity (Wildman–Crippen MR) is 92.8 cm³/mol. The van der Waals surface area contributed by atoms with Crippen LogP contribution < -0.4 is 5.32 Å². The minimum atomic E-state index is 0.0429. The highest BCUT2D eigenvalue weighted by molar-refractivity contribution is 5.74. The second-order valence-electron chi connectivity index (χ2n) is 6.87. The van der Waals surface area contributed by atoms with Gasteiger partial charge >= 0.3 is 6.03 Å². The van der Waals surface area contributed by atoms with Gasteiger partial charge in [-0.3, -0.25) is 9.88 Å². The molecule has 0 radical (unpaired) electrons. The van der Waals surface area contributed by atoms with Gasteiger partial charge in [0.15, 0.2) is 0 Å². The molecule has 1 aromatic heterocycles. The first-order chi connectivity index (χ1) is 11.7. The van der Waals surface area contributed by atoms with E-state index in [1.807, 2.05) is 24.2 Å². The van der Waals surface area contributed by atoms with Gasteiger partial charge in [-0.05, 0) is 36.8 Å². The number of amides is 2. The fraction of sp³-hybridized carbons (Fsp3) is 0.667. The zero-order chi connectivity index (χ0) is 16.8. The smallest absolute Gasteiger partial charge is 0.317 e. The number of likely N-dealkylation sites (tertiary alicyclic amines) is 1. The van der Waals surface area contributed by atoms with Crippen LogP contribution in [0.2, 0.25) is 0 Å². The number of nitrogens with one attached hydrogen (secondary N) is 1. The van der Waals surface area contributed by atoms with Gasteiger partial charge in [-0.25, -0.2) is 4.79 Å². The predicted octanol–water partition coefficient (Wildman–Crippen LogP) is 1.64. The van der Waals surface area contributed by atoms with Crippen molar-refractivity contribution in [1.29, 1.82) is 0 Å². The number of carbonyl (C=O) groups excluding carboxylic acids is 1. The summed E-state index contributed by atoms with van der Waals surface area (Å²) in [5.74, 6) is 0.702. The van der Waals surface area contributed by atoms with Gasteiger partial charge < -0.3 is 15.0 Å². The molecule has 2 aliphatic rings. The summed E-state index contributed by atoms with van der Waals surface area (Å²) in [6.45, 7) is 9.22. The van der Waals surface area contributed by atoms with Crippen molar-refractivity contribution in [1.82, 2.24) is 20.1 Å². The minimum absolute atomic E-state index is 0.0429. The minimum Gasteiger partial charge on any atom is -0.379 e. The standard InChI is InChI=1S/C18H28N4O2/c1-15-10-17(12-19-11-15)13-20-18(23)22-4-2-16(3-5-22)14-21-6-8-24-9-7-21/h10-12,16H,2-9,13-14H2,1H3,(H,20,23). The molecule has 0 bridgehead atoms. The fourth-order valence-electron chi connectivity index (χ4n) is 3.47. The van der Waals surface area contributed by atoms with E-state index in [-0.39, 0.29) is 6.03 Å². The average Bonchev–Trinajstić information content (AvgIpc) is 2.61. The number of piperidine rings is 1. The Morgan fingerprint density at radius 2 is 2.00 bits per heavy atom. The number of pyridine rings is 1. The second kappa shape index (κ2) is 8.44. The van der Waals surface area contributed by atoms with E-state index in [9.17, 15) is 4.79 Å². The first-order valence-corrected chi connectivity index (χ1v) is 8.94. The summed E-state index contributed by atoms with van der Waals surface area (Å²) in [5.41, 5.74) is 2.16. The lowest BCUT2D eigenvalue weighted by molar-refractivity contribution is 0.0258. The number of carbonyl (C=O) groups is 1. The van der Waals surface area contributed by atoms with E-state index in [1.165, 1.54) is 0 Å². The Hall–Kier alpha value is -1.66. The SMILES string of the molecule is Cc1cncc(CNC(=O)N2CCC(CN3CCOCC3)CC2)c1. The zero-order valence-corrected chi connectivity index (χ0v) is 14.5. The monoisotopic (exact) mass is 332 g/mol. The summed E-state index contributed by atoms with van der Waals surface area (Å²) in [6, 6.07) is 2.10. The van der Waals surface area contributed by atoms with Crippen LogP contribution in [-0.2, 0) is 11.3 Å². The first kappa shape index (κ1) is 17.2. The molecule has 6 heteroatoms. The van der Waals surface area contributed by atoms with Gasteiger partial charge in [-0.15, -0.1) is 0 Å². The van der Waals surface area contributed by atoms with Crippen molar-refractivity contribution < 1.29 is 9.53 Å². The molecule has 2 aliphatic heterocycles. The van der Waals surface area contributed by atoms with Gasteiger partial charge in [0.2, 0.25) is 0 Å². The normalized spacial score (nSPS) is 20.1. The van der Waals surface area contributed by atoms with Crippen LogP contribution in [0.25, 0.3) is 0 Å². The van der Waals surface area contributed by atoms with Crippen LogP contribution in [0, 0.1) is 12.8 Å². The lowest BCUT2D eigenvalue weighted by Gasteiger charge is -2.36. The molecule has 2 fully saturated rings. The van der Waals surface area contributed by atoms with Gasteiger partial charge in [0.25, 0.3) is 0 Å². The summed E-state index contributed by atoms with van der Waals surface area (Å²) >= 11 is 0. The van der Waals surface area contributed by atoms with Gasteiger partial charge in [-0.2, -0.15) is 0 Å². The molecule has 0 aliphatic carbocycles. The van der Waals surface area contributed by atoms with Crippen molar-refractivity contribution in [2.75, 3.05) is 45.9 Å². The molecule has 1 aromatic rings. The molecule has 0 unspecified atom stereocenters. The van der Waals surface area contributed by atoms with Crippen LogP contribution in [0.4, 0.5) is 4.79 Å². The summed E-state index contributed by atoms with van der Waals surface area (Å²) in [5, 5.41) is 3.01. The van der Waals surface area contributed by atoms with E-state index >= 15 is 0 Å². The largest absolute Gasteiger partial charge is 0.379 e. The number of aryl methyl sites for hydroxylation is 1. The average molecular weight is 332 g/mol. The quantitative estimate of drug-likeness (QED) is 0.911. The topological polar surface area (TPSA) is 57.7 Å². The number of ether oxygens (including phenoxy) is 1. The maximum absolute atomic E-state index is 12.3. The molecule has 24 heavy (non-hydrogen) atoms. The summed E-state index contributed by atoms with van der Waals surface area (Å²) in [7, 11) is 0. The summed E-state index contributed by atoms with van der Waals surface area (Å²) in [4.78, 5) is 20.9. The lowest BCUT2D eigenvalue weighted by Crippen LogP contribution is -2.47. The van der Waals surface area contributed by atoms with E-state index in [1.54, 1.807) is 0 Å². The number of morpholine rings is 1. The lowest BCUT2D eigenvalue weighted by atomic mass is 9.96. The van der Waals surface area contributed by atoms with Gasteiger partial charge in [0, 0.05) is 51.7 Å². The van der Waals surface area contributed by atoms with Crippen molar-refractivity contribution in [2.45, 2.75) is 26.3 Å². The third kappa shape index (κ3) is 4.92. The molecule has 0 saturated carbocycles. The molecule has 6 nitrogen and oxygen atoms in total. The Balaban J connectivity index is 1.38. The Labute approximate surface area is 144 Å². The van der Waals surface area contributed by atoms with Crippen molar-refractivity contribution in [2.24, 2.45) is 5.92 Å². The molecule has 2 amide bonds. The molecule has 3 heterocycles. The van der Waals surface area contributed by atoms with Gasteiger partial charge in [0.05, 0.1) is 13.2 Å². The Kier molecular flexibility index (Phi) is 6.04. The van der Waals surface area contributed by atoms with Crippen LogP contribution in [0.5, 0.6) is 0 Å². The van der Waals surface area contributed by atoms with E-state index in [0.717, 1.165) is 69.9 Å². The van der Waals surface area contributed by atoms with Crippen molar-refractivity contribution >= 4 is 6.03 Å². The third-order valence-electron chi connectivity index (χ3n) is 4.90. The fourth-order valence-corrected chi connectivity index (χ4v) is 3.47. The number of hydrogen-bond acceptors (Lipinski definition) is 4. The second-order valence-corrected chi connectivity index (χ2v) is 6.87. The Morgan fingerprint density at radius 3 is 2.71 bits per heavy atom. The number of nitrogens with zero attached hydrogens (tertiary/aromatic N) is 3. The maximum atomic E-state index is 12.3. The summed E-state index contributed by atoms with van der Waals surface area (Å²) < 4.78 is 5.40. The summed E-state index contributed by atoms with van der Waals surface area (Å²) in [6.07, 6.45) is 5.82. The van der Waals surface area contributed by atoms with E-state index < -0.39 is 0 Å².